The van der Waals surface area contributed by atoms with Gasteiger partial charge in [-0.2, -0.15) is 0 Å². The Kier molecular flexibility index (Phi) is 4.88. The number of piperidine rings is 1. The van der Waals surface area contributed by atoms with Gasteiger partial charge in [0.05, 0.1) is 12.8 Å². The third-order valence-electron chi connectivity index (χ3n) is 3.59. The SMILES string of the molecule is CCCN1CCC(Nc2ccccc2OC)CC1. The molecule has 2 rings (SSSR count). The Hall–Kier alpha value is -1.22. The highest BCUT2D eigenvalue weighted by atomic mass is 16.5. The third-order valence-corrected chi connectivity index (χ3v) is 3.59. The lowest BCUT2D eigenvalue weighted by Gasteiger charge is -2.32. The molecule has 18 heavy (non-hydrogen) atoms. The van der Waals surface area contributed by atoms with E-state index in [1.165, 1.54) is 38.9 Å². The first-order chi connectivity index (χ1) is 8.83. The summed E-state index contributed by atoms with van der Waals surface area (Å²) in [7, 11) is 1.73. The van der Waals surface area contributed by atoms with Crippen LogP contribution in [0.5, 0.6) is 5.75 Å². The minimum Gasteiger partial charge on any atom is -0.495 e. The Labute approximate surface area is 110 Å². The van der Waals surface area contributed by atoms with Gasteiger partial charge in [0.15, 0.2) is 0 Å². The number of anilines is 1. The summed E-state index contributed by atoms with van der Waals surface area (Å²) in [5.74, 6) is 0.938. The fourth-order valence-electron chi connectivity index (χ4n) is 2.60. The van der Waals surface area contributed by atoms with Gasteiger partial charge in [0, 0.05) is 19.1 Å². The number of nitrogens with one attached hydrogen (secondary N) is 1. The molecule has 1 aromatic carbocycles. The number of benzene rings is 1. The van der Waals surface area contributed by atoms with Crippen molar-refractivity contribution in [3.8, 4) is 5.75 Å². The summed E-state index contributed by atoms with van der Waals surface area (Å²) in [4.78, 5) is 2.56. The molecule has 0 saturated carbocycles. The van der Waals surface area contributed by atoms with Crippen molar-refractivity contribution in [2.75, 3.05) is 32.1 Å². The van der Waals surface area contributed by atoms with Crippen molar-refractivity contribution in [1.29, 1.82) is 0 Å². The van der Waals surface area contributed by atoms with Gasteiger partial charge in [-0.05, 0) is 37.9 Å². The normalized spacial score (nSPS) is 17.7. The quantitative estimate of drug-likeness (QED) is 0.867. The zero-order valence-corrected chi connectivity index (χ0v) is 11.5. The first-order valence-electron chi connectivity index (χ1n) is 6.95. The van der Waals surface area contributed by atoms with Crippen LogP contribution in [0.4, 0.5) is 5.69 Å². The molecule has 0 spiro atoms. The second-order valence-electron chi connectivity index (χ2n) is 4.96. The lowest BCUT2D eigenvalue weighted by molar-refractivity contribution is 0.219. The monoisotopic (exact) mass is 248 g/mol. The van der Waals surface area contributed by atoms with E-state index < -0.39 is 0 Å². The summed E-state index contributed by atoms with van der Waals surface area (Å²) in [6.07, 6.45) is 3.70. The molecule has 0 radical (unpaired) electrons. The molecule has 100 valence electrons. The maximum atomic E-state index is 5.37. The largest absolute Gasteiger partial charge is 0.495 e. The fourth-order valence-corrected chi connectivity index (χ4v) is 2.60. The minimum absolute atomic E-state index is 0.578. The minimum atomic E-state index is 0.578. The van der Waals surface area contributed by atoms with Crippen molar-refractivity contribution >= 4 is 5.69 Å². The van der Waals surface area contributed by atoms with E-state index in [1.54, 1.807) is 7.11 Å². The van der Waals surface area contributed by atoms with Crippen LogP contribution in [0.1, 0.15) is 26.2 Å². The molecule has 1 fully saturated rings. The summed E-state index contributed by atoms with van der Waals surface area (Å²) >= 11 is 0. The highest BCUT2D eigenvalue weighted by Gasteiger charge is 2.18. The van der Waals surface area contributed by atoms with Crippen molar-refractivity contribution in [1.82, 2.24) is 4.90 Å². The molecule has 1 heterocycles. The van der Waals surface area contributed by atoms with E-state index in [0.29, 0.717) is 6.04 Å². The van der Waals surface area contributed by atoms with Crippen molar-refractivity contribution < 1.29 is 4.74 Å². The van der Waals surface area contributed by atoms with E-state index in [-0.39, 0.29) is 0 Å². The first-order valence-corrected chi connectivity index (χ1v) is 6.95. The van der Waals surface area contributed by atoms with Crippen LogP contribution in [-0.4, -0.2) is 37.7 Å². The molecule has 1 aliphatic heterocycles. The summed E-state index contributed by atoms with van der Waals surface area (Å²) in [6, 6.07) is 8.74. The van der Waals surface area contributed by atoms with Crippen LogP contribution in [-0.2, 0) is 0 Å². The molecule has 0 unspecified atom stereocenters. The predicted octanol–water partition coefficient (Wildman–Crippen LogP) is 2.98. The summed E-state index contributed by atoms with van der Waals surface area (Å²) in [6.45, 7) is 5.90. The van der Waals surface area contributed by atoms with Gasteiger partial charge in [0.1, 0.15) is 5.75 Å². The Morgan fingerprint density at radius 3 is 2.67 bits per heavy atom. The van der Waals surface area contributed by atoms with Gasteiger partial charge >= 0.3 is 0 Å². The first kappa shape index (κ1) is 13.2. The molecule has 3 heteroatoms. The van der Waals surface area contributed by atoms with Gasteiger partial charge in [-0.3, -0.25) is 0 Å². The highest BCUT2D eigenvalue weighted by molar-refractivity contribution is 5.56. The van der Waals surface area contributed by atoms with Crippen molar-refractivity contribution in [3.63, 3.8) is 0 Å². The molecule has 1 aliphatic rings. The molecule has 0 aliphatic carbocycles. The average Bonchev–Trinajstić information content (AvgIpc) is 2.42. The van der Waals surface area contributed by atoms with Crippen molar-refractivity contribution in [2.45, 2.75) is 32.2 Å². The maximum Gasteiger partial charge on any atom is 0.141 e. The van der Waals surface area contributed by atoms with Gasteiger partial charge in [0.2, 0.25) is 0 Å². The van der Waals surface area contributed by atoms with Crippen LogP contribution in [0.2, 0.25) is 0 Å². The number of methoxy groups -OCH3 is 1. The zero-order chi connectivity index (χ0) is 12.8. The van der Waals surface area contributed by atoms with Crippen LogP contribution in [0.25, 0.3) is 0 Å². The van der Waals surface area contributed by atoms with Gasteiger partial charge in [-0.15, -0.1) is 0 Å². The molecule has 0 amide bonds. The van der Waals surface area contributed by atoms with E-state index in [1.807, 2.05) is 12.1 Å². The second kappa shape index (κ2) is 6.64. The Morgan fingerprint density at radius 2 is 2.00 bits per heavy atom. The number of para-hydroxylation sites is 2. The van der Waals surface area contributed by atoms with Crippen LogP contribution >= 0.6 is 0 Å². The van der Waals surface area contributed by atoms with E-state index in [4.69, 9.17) is 4.74 Å². The topological polar surface area (TPSA) is 24.5 Å². The Morgan fingerprint density at radius 1 is 1.28 bits per heavy atom. The standard InChI is InChI=1S/C15H24N2O/c1-3-10-17-11-8-13(9-12-17)16-14-6-4-5-7-15(14)18-2/h4-7,13,16H,3,8-12H2,1-2H3. The van der Waals surface area contributed by atoms with E-state index >= 15 is 0 Å². The fraction of sp³-hybridized carbons (Fsp3) is 0.600. The van der Waals surface area contributed by atoms with Crippen LogP contribution in [0, 0.1) is 0 Å². The lowest BCUT2D eigenvalue weighted by Crippen LogP contribution is -2.39. The molecule has 3 nitrogen and oxygen atoms in total. The number of likely N-dealkylation sites (tertiary alicyclic amines) is 1. The molecular formula is C15H24N2O. The third kappa shape index (κ3) is 3.39. The maximum absolute atomic E-state index is 5.37. The van der Waals surface area contributed by atoms with Crippen molar-refractivity contribution in [2.24, 2.45) is 0 Å². The van der Waals surface area contributed by atoms with Crippen LogP contribution in [0.3, 0.4) is 0 Å². The molecule has 1 N–H and O–H groups in total. The molecule has 1 saturated heterocycles. The van der Waals surface area contributed by atoms with Crippen molar-refractivity contribution in [3.05, 3.63) is 24.3 Å². The van der Waals surface area contributed by atoms with E-state index in [2.05, 4.69) is 29.3 Å². The highest BCUT2D eigenvalue weighted by Crippen LogP contribution is 2.25. The molecule has 0 atom stereocenters. The van der Waals surface area contributed by atoms with Gasteiger partial charge < -0.3 is 15.0 Å². The van der Waals surface area contributed by atoms with E-state index in [9.17, 15) is 0 Å². The number of hydrogen-bond acceptors (Lipinski definition) is 3. The van der Waals surface area contributed by atoms with Crippen LogP contribution < -0.4 is 10.1 Å². The molecule has 0 bridgehead atoms. The predicted molar refractivity (Wildman–Crippen MR) is 76.4 cm³/mol. The summed E-state index contributed by atoms with van der Waals surface area (Å²) in [5.41, 5.74) is 1.12. The smallest absolute Gasteiger partial charge is 0.141 e. The second-order valence-corrected chi connectivity index (χ2v) is 4.96. The summed E-state index contributed by atoms with van der Waals surface area (Å²) in [5, 5.41) is 3.61. The van der Waals surface area contributed by atoms with Gasteiger partial charge in [0.25, 0.3) is 0 Å². The molecular weight excluding hydrogens is 224 g/mol. The number of rotatable bonds is 5. The molecule has 0 aromatic heterocycles. The van der Waals surface area contributed by atoms with E-state index in [0.717, 1.165) is 11.4 Å². The zero-order valence-electron chi connectivity index (χ0n) is 11.5. The number of hydrogen-bond donors (Lipinski definition) is 1. The molecule has 1 aromatic rings. The lowest BCUT2D eigenvalue weighted by atomic mass is 10.0. The summed E-state index contributed by atoms with van der Waals surface area (Å²) < 4.78 is 5.37. The average molecular weight is 248 g/mol. The Balaban J connectivity index is 1.87. The number of ether oxygens (including phenoxy) is 1. The van der Waals surface area contributed by atoms with Gasteiger partial charge in [-0.1, -0.05) is 19.1 Å². The van der Waals surface area contributed by atoms with Crippen LogP contribution in [0.15, 0.2) is 24.3 Å². The van der Waals surface area contributed by atoms with Gasteiger partial charge in [-0.25, -0.2) is 0 Å². The number of nitrogens with zero attached hydrogens (tertiary/aromatic N) is 1. The Bertz CT molecular complexity index is 359.